The molecule has 5 rings (SSSR count). The molecule has 0 spiro atoms. The smallest absolute Gasteiger partial charge is 0.475 e. The number of hydrogen-bond donors (Lipinski definition) is 3. The summed E-state index contributed by atoms with van der Waals surface area (Å²) in [6.45, 7) is 3.04. The van der Waals surface area contributed by atoms with Crippen molar-refractivity contribution >= 4 is 61.9 Å². The van der Waals surface area contributed by atoms with Crippen molar-refractivity contribution < 1.29 is 41.0 Å². The number of carboxylic acid groups (broad SMARTS) is 1. The van der Waals surface area contributed by atoms with E-state index in [1.807, 2.05) is 6.92 Å². The summed E-state index contributed by atoms with van der Waals surface area (Å²) < 4.78 is 72.8. The van der Waals surface area contributed by atoms with Gasteiger partial charge in [-0.2, -0.15) is 26.3 Å². The Morgan fingerprint density at radius 1 is 1.20 bits per heavy atom. The van der Waals surface area contributed by atoms with Crippen LogP contribution in [0, 0.1) is 0 Å². The number of aliphatic carboxylic acids is 1. The third-order valence-corrected chi connectivity index (χ3v) is 7.84. The van der Waals surface area contributed by atoms with Crippen LogP contribution in [0.2, 0.25) is 5.02 Å². The summed E-state index contributed by atoms with van der Waals surface area (Å²) >= 11 is 9.32. The number of nitrogens with zero attached hydrogens (tertiary/aromatic N) is 4. The predicted octanol–water partition coefficient (Wildman–Crippen LogP) is 5.00. The lowest BCUT2D eigenvalue weighted by Crippen LogP contribution is -2.64. The molecule has 1 aliphatic heterocycles. The molecule has 1 aliphatic carbocycles. The first kappa shape index (κ1) is 33.5. The molecule has 0 bridgehead atoms. The molecule has 2 atom stereocenters. The van der Waals surface area contributed by atoms with Crippen molar-refractivity contribution in [3.63, 3.8) is 0 Å². The second kappa shape index (κ2) is 12.9. The number of aromatic nitrogens is 3. The molecule has 0 unspecified atom stereocenters. The number of carbonyl (C=O) groups is 2. The maximum atomic E-state index is 13.7. The van der Waals surface area contributed by atoms with Crippen LogP contribution in [0.1, 0.15) is 31.0 Å². The van der Waals surface area contributed by atoms with E-state index in [0.717, 1.165) is 37.6 Å². The Morgan fingerprint density at radius 3 is 2.43 bits per heavy atom. The van der Waals surface area contributed by atoms with Gasteiger partial charge in [0.2, 0.25) is 11.3 Å². The number of benzene rings is 1. The van der Waals surface area contributed by atoms with Gasteiger partial charge in [-0.1, -0.05) is 18.5 Å². The fourth-order valence-electron chi connectivity index (χ4n) is 5.07. The Balaban J connectivity index is 0.000000566. The van der Waals surface area contributed by atoms with Crippen molar-refractivity contribution in [2.24, 2.45) is 0 Å². The lowest BCUT2D eigenvalue weighted by atomic mass is 9.83. The minimum atomic E-state index is -5.08. The Kier molecular flexibility index (Phi) is 9.80. The molecule has 3 N–H and O–H groups in total. The lowest BCUT2D eigenvalue weighted by Gasteiger charge is -2.50. The van der Waals surface area contributed by atoms with Crippen molar-refractivity contribution in [1.82, 2.24) is 19.9 Å². The molecule has 18 heteroatoms. The van der Waals surface area contributed by atoms with Gasteiger partial charge < -0.3 is 25.2 Å². The van der Waals surface area contributed by atoms with Gasteiger partial charge >= 0.3 is 18.3 Å². The van der Waals surface area contributed by atoms with E-state index >= 15 is 0 Å². The molecular formula is C26H24BrClF6N6O4. The Morgan fingerprint density at radius 2 is 1.89 bits per heavy atom. The first-order valence-corrected chi connectivity index (χ1v) is 14.2. The Bertz CT molecular complexity index is 1650. The van der Waals surface area contributed by atoms with Crippen LogP contribution in [0.25, 0.3) is 11.2 Å². The fourth-order valence-corrected chi connectivity index (χ4v) is 5.58. The summed E-state index contributed by atoms with van der Waals surface area (Å²) in [5.74, 6) is -3.29. The largest absolute Gasteiger partial charge is 0.490 e. The van der Waals surface area contributed by atoms with Crippen molar-refractivity contribution in [3.8, 4) is 0 Å². The number of fused-ring (bicyclic) bond motifs is 2. The normalized spacial score (nSPS) is 18.2. The van der Waals surface area contributed by atoms with E-state index in [0.29, 0.717) is 35.0 Å². The van der Waals surface area contributed by atoms with Crippen molar-refractivity contribution in [2.75, 3.05) is 23.3 Å². The summed E-state index contributed by atoms with van der Waals surface area (Å²) in [5.41, 5.74) is 0.451. The number of alkyl halides is 6. The molecule has 1 aromatic carbocycles. The zero-order valence-corrected chi connectivity index (χ0v) is 25.0. The summed E-state index contributed by atoms with van der Waals surface area (Å²) in [6.07, 6.45) is -5.74. The van der Waals surface area contributed by atoms with E-state index < -0.39 is 29.8 Å². The highest BCUT2D eigenvalue weighted by molar-refractivity contribution is 9.10. The molecule has 1 saturated heterocycles. The van der Waals surface area contributed by atoms with E-state index in [9.17, 15) is 35.9 Å². The number of nitrogens with one attached hydrogen (secondary N) is 2. The molecule has 0 radical (unpaired) electrons. The number of amides is 1. The van der Waals surface area contributed by atoms with Gasteiger partial charge in [0.15, 0.2) is 11.2 Å². The number of anilines is 2. The molecule has 2 fully saturated rings. The fraction of sp³-hybridized carbons (Fsp3) is 0.423. The predicted molar refractivity (Wildman–Crippen MR) is 152 cm³/mol. The highest BCUT2D eigenvalue weighted by Gasteiger charge is 2.41. The van der Waals surface area contributed by atoms with Crippen LogP contribution in [0.3, 0.4) is 0 Å². The van der Waals surface area contributed by atoms with Gasteiger partial charge in [0, 0.05) is 30.9 Å². The Hall–Kier alpha value is -3.44. The van der Waals surface area contributed by atoms with Gasteiger partial charge in [-0.25, -0.2) is 14.8 Å². The standard InChI is InChI=1S/C24H23BrClF3N6O2.C2HF3O2/c1-2-16-21(34-8-7-30-15-5-6-17(15)34)22(37)20-23(31-10-18(25)33-20)35(16)11-19(36)32-14-4-3-12(9-13(14)26)24(27,28)29;3-2(4,5)1(6)7/h3-4,9-10,15,17,30H,2,5-8,11H2,1H3,(H,32,36);(H,6,7)/t15-,17-;/m0./s1. The van der Waals surface area contributed by atoms with Gasteiger partial charge in [0.05, 0.1) is 22.5 Å². The Labute approximate surface area is 258 Å². The third-order valence-electron chi connectivity index (χ3n) is 7.14. The quantitative estimate of drug-likeness (QED) is 0.315. The van der Waals surface area contributed by atoms with Crippen molar-refractivity contribution in [2.45, 2.75) is 57.2 Å². The molecule has 2 aliphatic rings. The number of piperazine rings is 1. The summed E-state index contributed by atoms with van der Waals surface area (Å²) in [5, 5.41) is 13.0. The number of rotatable bonds is 5. The van der Waals surface area contributed by atoms with Crippen molar-refractivity contribution in [3.05, 3.63) is 55.5 Å². The minimum Gasteiger partial charge on any atom is -0.475 e. The van der Waals surface area contributed by atoms with Crippen LogP contribution in [0.15, 0.2) is 33.8 Å². The van der Waals surface area contributed by atoms with E-state index in [2.05, 4.69) is 41.4 Å². The highest BCUT2D eigenvalue weighted by atomic mass is 79.9. The number of pyridine rings is 1. The van der Waals surface area contributed by atoms with Crippen LogP contribution < -0.4 is 21.0 Å². The summed E-state index contributed by atoms with van der Waals surface area (Å²) in [4.78, 5) is 46.6. The molecular weight excluding hydrogens is 690 g/mol. The molecule has 44 heavy (non-hydrogen) atoms. The van der Waals surface area contributed by atoms with Gasteiger partial charge in [-0.05, 0) is 53.4 Å². The minimum absolute atomic E-state index is 0.0523. The average Bonchev–Trinajstić information content (AvgIpc) is 2.91. The van der Waals surface area contributed by atoms with Crippen molar-refractivity contribution in [1.29, 1.82) is 0 Å². The first-order chi connectivity index (χ1) is 20.5. The third kappa shape index (κ3) is 7.10. The van der Waals surface area contributed by atoms with Crippen LogP contribution >= 0.6 is 27.5 Å². The number of carbonyl (C=O) groups excluding carboxylic acids is 1. The molecule has 10 nitrogen and oxygen atoms in total. The zero-order valence-electron chi connectivity index (χ0n) is 22.7. The monoisotopic (exact) mass is 712 g/mol. The topological polar surface area (TPSA) is 129 Å². The van der Waals surface area contributed by atoms with Crippen LogP contribution in [-0.2, 0) is 28.7 Å². The SMILES string of the molecule is CCc1c(N2CCN[C@H]3CC[C@@H]32)c(=O)c2nc(Br)cnc2n1CC(=O)Nc1ccc(C(F)(F)F)cc1Cl.O=C(O)C(F)(F)F. The zero-order chi connectivity index (χ0) is 32.6. The average molecular weight is 714 g/mol. The number of carboxylic acids is 1. The van der Waals surface area contributed by atoms with Gasteiger partial charge in [-0.15, -0.1) is 0 Å². The lowest BCUT2D eigenvalue weighted by molar-refractivity contribution is -0.192. The van der Waals surface area contributed by atoms with Crippen LogP contribution in [0.5, 0.6) is 0 Å². The number of halogens is 8. The van der Waals surface area contributed by atoms with Crippen LogP contribution in [-0.4, -0.2) is 62.9 Å². The molecule has 1 saturated carbocycles. The van der Waals surface area contributed by atoms with E-state index in [4.69, 9.17) is 21.5 Å². The number of hydrogen-bond acceptors (Lipinski definition) is 7. The van der Waals surface area contributed by atoms with Gasteiger partial charge in [0.1, 0.15) is 16.8 Å². The maximum absolute atomic E-state index is 13.7. The molecule has 3 heterocycles. The van der Waals surface area contributed by atoms with E-state index in [1.54, 1.807) is 4.57 Å². The highest BCUT2D eigenvalue weighted by Crippen LogP contribution is 2.35. The van der Waals surface area contributed by atoms with E-state index in [1.165, 1.54) is 6.20 Å². The first-order valence-electron chi connectivity index (χ1n) is 13.1. The van der Waals surface area contributed by atoms with Gasteiger partial charge in [0.25, 0.3) is 0 Å². The van der Waals surface area contributed by atoms with Gasteiger partial charge in [-0.3, -0.25) is 9.59 Å². The second-order valence-corrected chi connectivity index (χ2v) is 11.1. The summed E-state index contributed by atoms with van der Waals surface area (Å²) in [7, 11) is 0. The molecule has 3 aromatic rings. The van der Waals surface area contributed by atoms with E-state index in [-0.39, 0.29) is 39.9 Å². The van der Waals surface area contributed by atoms with Crippen LogP contribution in [0.4, 0.5) is 37.7 Å². The maximum Gasteiger partial charge on any atom is 0.490 e. The molecule has 1 amide bonds. The molecule has 2 aromatic heterocycles. The second-order valence-electron chi connectivity index (χ2n) is 9.87. The molecule has 238 valence electrons. The summed E-state index contributed by atoms with van der Waals surface area (Å²) in [6, 6.07) is 3.23.